The molecule has 0 aliphatic carbocycles. The maximum Gasteiger partial charge on any atom is 0 e. The minimum absolute atomic E-state index is 0. The monoisotopic (exact) mass is 413 g/mol. The molecule has 0 atom stereocenters. The SMILES string of the molecule is Cc1cc2cc[c-](Cc3ccccc3)c2cc1C.[Hf]. The van der Waals surface area contributed by atoms with Crippen molar-refractivity contribution >= 4 is 10.8 Å². The first-order chi connectivity index (χ1) is 8.74. The van der Waals surface area contributed by atoms with Crippen molar-refractivity contribution in [2.24, 2.45) is 0 Å². The molecule has 1 heteroatoms. The van der Waals surface area contributed by atoms with Crippen LogP contribution in [-0.2, 0) is 32.3 Å². The summed E-state index contributed by atoms with van der Waals surface area (Å²) in [6.07, 6.45) is 1.02. The molecular formula is C18H17Hf-. The van der Waals surface area contributed by atoms with Gasteiger partial charge < -0.3 is 0 Å². The Kier molecular flexibility index (Phi) is 4.46. The minimum Gasteiger partial charge on any atom is -0.168 e. The molecule has 0 aliphatic heterocycles. The van der Waals surface area contributed by atoms with E-state index in [0.717, 1.165) is 6.42 Å². The summed E-state index contributed by atoms with van der Waals surface area (Å²) in [6, 6.07) is 19.8. The number of aryl methyl sites for hydroxylation is 2. The van der Waals surface area contributed by atoms with E-state index in [4.69, 9.17) is 0 Å². The van der Waals surface area contributed by atoms with Crippen molar-refractivity contribution in [1.82, 2.24) is 0 Å². The van der Waals surface area contributed by atoms with Gasteiger partial charge in [0.1, 0.15) is 0 Å². The van der Waals surface area contributed by atoms with Gasteiger partial charge in [-0.25, -0.2) is 0 Å². The summed E-state index contributed by atoms with van der Waals surface area (Å²) in [5, 5.41) is 2.77. The summed E-state index contributed by atoms with van der Waals surface area (Å²) in [7, 11) is 0. The standard InChI is InChI=1S/C18H17.Hf/c1-13-10-16-8-9-17(18(16)11-14(13)2)12-15-6-4-3-5-7-15;/h3-11H,12H2,1-2H3;/q-1;. The van der Waals surface area contributed by atoms with Gasteiger partial charge in [-0.2, -0.15) is 6.07 Å². The maximum absolute atomic E-state index is 2.32. The van der Waals surface area contributed by atoms with Gasteiger partial charge in [0.15, 0.2) is 0 Å². The van der Waals surface area contributed by atoms with Crippen molar-refractivity contribution in [2.75, 3.05) is 0 Å². The van der Waals surface area contributed by atoms with Gasteiger partial charge in [-0.1, -0.05) is 47.0 Å². The van der Waals surface area contributed by atoms with E-state index in [9.17, 15) is 0 Å². The Labute approximate surface area is 133 Å². The first-order valence-corrected chi connectivity index (χ1v) is 6.43. The number of hydrogen-bond acceptors (Lipinski definition) is 0. The normalized spacial score (nSPS) is 10.4. The molecule has 0 nitrogen and oxygen atoms in total. The molecule has 0 aliphatic rings. The Balaban J connectivity index is 0.00000133. The van der Waals surface area contributed by atoms with Crippen LogP contribution < -0.4 is 0 Å². The molecule has 3 aromatic rings. The van der Waals surface area contributed by atoms with E-state index in [1.807, 2.05) is 0 Å². The van der Waals surface area contributed by atoms with Crippen molar-refractivity contribution in [3.05, 3.63) is 76.9 Å². The minimum atomic E-state index is 0. The number of hydrogen-bond donors (Lipinski definition) is 0. The van der Waals surface area contributed by atoms with Crippen molar-refractivity contribution < 1.29 is 25.8 Å². The fourth-order valence-corrected chi connectivity index (χ4v) is 2.50. The van der Waals surface area contributed by atoms with E-state index in [1.165, 1.54) is 33.0 Å². The van der Waals surface area contributed by atoms with Crippen molar-refractivity contribution in [2.45, 2.75) is 20.3 Å². The van der Waals surface area contributed by atoms with E-state index >= 15 is 0 Å². The van der Waals surface area contributed by atoms with Gasteiger partial charge in [-0.15, -0.1) is 34.5 Å². The molecule has 94 valence electrons. The van der Waals surface area contributed by atoms with Crippen LogP contribution in [0.3, 0.4) is 0 Å². The molecule has 0 saturated heterocycles. The van der Waals surface area contributed by atoms with Crippen molar-refractivity contribution in [3.63, 3.8) is 0 Å². The summed E-state index contributed by atoms with van der Waals surface area (Å²) < 4.78 is 0. The zero-order chi connectivity index (χ0) is 12.5. The zero-order valence-electron chi connectivity index (χ0n) is 11.4. The Morgan fingerprint density at radius 3 is 2.32 bits per heavy atom. The quantitative estimate of drug-likeness (QED) is 0.421. The van der Waals surface area contributed by atoms with Crippen LogP contribution >= 0.6 is 0 Å². The Morgan fingerprint density at radius 2 is 1.58 bits per heavy atom. The molecule has 0 heterocycles. The number of rotatable bonds is 2. The van der Waals surface area contributed by atoms with Crippen LogP contribution in [0.5, 0.6) is 0 Å². The summed E-state index contributed by atoms with van der Waals surface area (Å²) in [5.41, 5.74) is 5.56. The third-order valence-corrected chi connectivity index (χ3v) is 3.71. The smallest absolute Gasteiger partial charge is 0 e. The van der Waals surface area contributed by atoms with E-state index in [2.05, 4.69) is 68.4 Å². The van der Waals surface area contributed by atoms with Crippen molar-refractivity contribution in [3.8, 4) is 0 Å². The Morgan fingerprint density at radius 1 is 0.895 bits per heavy atom. The van der Waals surface area contributed by atoms with E-state index < -0.39 is 0 Å². The maximum atomic E-state index is 2.32. The molecule has 0 N–H and O–H groups in total. The second-order valence-electron chi connectivity index (χ2n) is 5.04. The molecule has 0 radical (unpaired) electrons. The third-order valence-electron chi connectivity index (χ3n) is 3.71. The summed E-state index contributed by atoms with van der Waals surface area (Å²) in [5.74, 6) is 0. The van der Waals surface area contributed by atoms with Crippen LogP contribution in [0.25, 0.3) is 10.8 Å². The third kappa shape index (κ3) is 2.92. The molecule has 0 unspecified atom stereocenters. The first-order valence-electron chi connectivity index (χ1n) is 6.43. The molecule has 0 spiro atoms. The average Bonchev–Trinajstić information content (AvgIpc) is 2.74. The first kappa shape index (κ1) is 14.3. The molecular weight excluding hydrogens is 395 g/mol. The van der Waals surface area contributed by atoms with Crippen LogP contribution in [0, 0.1) is 13.8 Å². The van der Waals surface area contributed by atoms with Crippen LogP contribution in [0.4, 0.5) is 0 Å². The summed E-state index contributed by atoms with van der Waals surface area (Å²) in [6.45, 7) is 4.37. The molecule has 3 rings (SSSR count). The fourth-order valence-electron chi connectivity index (χ4n) is 2.50. The molecule has 0 bridgehead atoms. The molecule has 3 aromatic carbocycles. The van der Waals surface area contributed by atoms with E-state index in [0.29, 0.717) is 0 Å². The largest absolute Gasteiger partial charge is 0.168 e. The van der Waals surface area contributed by atoms with Gasteiger partial charge in [-0.05, 0) is 20.3 Å². The van der Waals surface area contributed by atoms with E-state index in [-0.39, 0.29) is 25.8 Å². The van der Waals surface area contributed by atoms with Crippen LogP contribution in [0.1, 0.15) is 22.3 Å². The molecule has 0 fully saturated rings. The van der Waals surface area contributed by atoms with Gasteiger partial charge in [0.05, 0.1) is 0 Å². The molecule has 19 heavy (non-hydrogen) atoms. The molecule has 0 saturated carbocycles. The fraction of sp³-hybridized carbons (Fsp3) is 0.167. The topological polar surface area (TPSA) is 0 Å². The Hall–Kier alpha value is -1.08. The van der Waals surface area contributed by atoms with E-state index in [1.54, 1.807) is 0 Å². The summed E-state index contributed by atoms with van der Waals surface area (Å²) in [4.78, 5) is 0. The van der Waals surface area contributed by atoms with Gasteiger partial charge in [-0.3, -0.25) is 0 Å². The van der Waals surface area contributed by atoms with Crippen molar-refractivity contribution in [1.29, 1.82) is 0 Å². The molecule has 0 amide bonds. The van der Waals surface area contributed by atoms with Crippen LogP contribution in [0.2, 0.25) is 0 Å². The second kappa shape index (κ2) is 5.92. The van der Waals surface area contributed by atoms with Crippen LogP contribution in [0.15, 0.2) is 54.6 Å². The molecule has 0 aromatic heterocycles. The number of benzene rings is 2. The van der Waals surface area contributed by atoms with Gasteiger partial charge in [0, 0.05) is 25.8 Å². The zero-order valence-corrected chi connectivity index (χ0v) is 15.0. The number of fused-ring (bicyclic) bond motifs is 1. The predicted octanol–water partition coefficient (Wildman–Crippen LogP) is 4.76. The average molecular weight is 412 g/mol. The van der Waals surface area contributed by atoms with Gasteiger partial charge in [0.2, 0.25) is 0 Å². The summed E-state index contributed by atoms with van der Waals surface area (Å²) >= 11 is 0. The van der Waals surface area contributed by atoms with Gasteiger partial charge >= 0.3 is 0 Å². The van der Waals surface area contributed by atoms with Crippen LogP contribution in [-0.4, -0.2) is 0 Å². The second-order valence-corrected chi connectivity index (χ2v) is 5.04. The Bertz CT molecular complexity index is 677. The van der Waals surface area contributed by atoms with Gasteiger partial charge in [0.25, 0.3) is 0 Å². The predicted molar refractivity (Wildman–Crippen MR) is 78.3 cm³/mol.